The highest BCUT2D eigenvalue weighted by atomic mass is 28.4. The number of ether oxygens (including phenoxy) is 1. The lowest BCUT2D eigenvalue weighted by atomic mass is 10.8. The van der Waals surface area contributed by atoms with E-state index < -0.39 is 8.32 Å². The van der Waals surface area contributed by atoms with Crippen molar-refractivity contribution >= 4 is 14.3 Å². The zero-order chi connectivity index (χ0) is 8.91. The van der Waals surface area contributed by atoms with E-state index in [1.807, 2.05) is 0 Å². The topological polar surface area (TPSA) is 35.5 Å². The van der Waals surface area contributed by atoms with Crippen molar-refractivity contribution in [1.82, 2.24) is 0 Å². The van der Waals surface area contributed by atoms with E-state index in [0.717, 1.165) is 6.04 Å². The van der Waals surface area contributed by atoms with Gasteiger partial charge in [-0.15, -0.1) is 0 Å². The molecule has 0 unspecified atom stereocenters. The fraction of sp³-hybridized carbons (Fsp3) is 0.857. The van der Waals surface area contributed by atoms with Gasteiger partial charge in [0.1, 0.15) is 0 Å². The van der Waals surface area contributed by atoms with Crippen LogP contribution in [0.4, 0.5) is 0 Å². The summed E-state index contributed by atoms with van der Waals surface area (Å²) in [5.41, 5.74) is 0. The summed E-state index contributed by atoms with van der Waals surface area (Å²) in [4.78, 5) is 10.4. The molecule has 0 atom stereocenters. The Bertz CT molecular complexity index is 134. The van der Waals surface area contributed by atoms with Crippen LogP contribution in [-0.2, 0) is 14.0 Å². The monoisotopic (exact) mass is 176 g/mol. The maximum Gasteiger partial charge on any atom is 0.302 e. The van der Waals surface area contributed by atoms with E-state index in [1.54, 1.807) is 7.11 Å². The quantitative estimate of drug-likeness (QED) is 0.480. The van der Waals surface area contributed by atoms with Crippen molar-refractivity contribution in [3.05, 3.63) is 0 Å². The lowest BCUT2D eigenvalue weighted by Crippen LogP contribution is -2.30. The van der Waals surface area contributed by atoms with Gasteiger partial charge in [0.2, 0.25) is 0 Å². The Labute approximate surface area is 68.8 Å². The zero-order valence-corrected chi connectivity index (χ0v) is 8.64. The van der Waals surface area contributed by atoms with E-state index in [0.29, 0.717) is 6.61 Å². The first-order chi connectivity index (χ1) is 4.98. The first-order valence-corrected chi connectivity index (χ1v) is 6.78. The largest absolute Gasteiger partial charge is 0.466 e. The third kappa shape index (κ3) is 6.06. The van der Waals surface area contributed by atoms with Crippen LogP contribution >= 0.6 is 0 Å². The summed E-state index contributed by atoms with van der Waals surface area (Å²) in [5, 5.41) is 0. The van der Waals surface area contributed by atoms with Crippen LogP contribution in [0, 0.1) is 0 Å². The molecule has 0 aliphatic heterocycles. The average Bonchev–Trinajstić information content (AvgIpc) is 1.87. The molecule has 0 amide bonds. The molecule has 0 N–H and O–H groups in total. The summed E-state index contributed by atoms with van der Waals surface area (Å²) in [6.07, 6.45) is 0. The molecule has 0 saturated carbocycles. The van der Waals surface area contributed by atoms with E-state index in [-0.39, 0.29) is 5.97 Å². The second-order valence-corrected chi connectivity index (χ2v) is 7.48. The molecule has 0 aliphatic carbocycles. The Kier molecular flexibility index (Phi) is 4.36. The Morgan fingerprint density at radius 3 is 2.36 bits per heavy atom. The number of esters is 1. The molecule has 0 bridgehead atoms. The van der Waals surface area contributed by atoms with Gasteiger partial charge < -0.3 is 9.16 Å². The molecule has 0 radical (unpaired) electrons. The molecule has 0 heterocycles. The van der Waals surface area contributed by atoms with Crippen LogP contribution in [0.1, 0.15) is 6.92 Å². The Balaban J connectivity index is 3.45. The molecule has 11 heavy (non-hydrogen) atoms. The highest BCUT2D eigenvalue weighted by Crippen LogP contribution is 2.08. The molecule has 0 saturated heterocycles. The molecular formula is C7H16O3Si. The summed E-state index contributed by atoms with van der Waals surface area (Å²) in [6, 6.07) is 0.864. The van der Waals surface area contributed by atoms with Gasteiger partial charge in [-0.3, -0.25) is 4.79 Å². The number of rotatable bonds is 4. The smallest absolute Gasteiger partial charge is 0.302 e. The molecule has 66 valence electrons. The second-order valence-electron chi connectivity index (χ2n) is 3.05. The van der Waals surface area contributed by atoms with Crippen LogP contribution in [-0.4, -0.2) is 28.0 Å². The van der Waals surface area contributed by atoms with Crippen molar-refractivity contribution in [2.45, 2.75) is 26.1 Å². The predicted octanol–water partition coefficient (Wildman–Crippen LogP) is 1.40. The molecule has 0 spiro atoms. The molecule has 0 aromatic carbocycles. The van der Waals surface area contributed by atoms with Crippen molar-refractivity contribution in [3.63, 3.8) is 0 Å². The minimum Gasteiger partial charge on any atom is -0.466 e. The van der Waals surface area contributed by atoms with Gasteiger partial charge in [-0.1, -0.05) is 0 Å². The van der Waals surface area contributed by atoms with Crippen molar-refractivity contribution in [2.24, 2.45) is 0 Å². The molecule has 0 aromatic heterocycles. The van der Waals surface area contributed by atoms with E-state index in [4.69, 9.17) is 9.16 Å². The zero-order valence-electron chi connectivity index (χ0n) is 7.64. The maximum absolute atomic E-state index is 10.4. The molecule has 0 rings (SSSR count). The fourth-order valence-corrected chi connectivity index (χ4v) is 1.34. The maximum atomic E-state index is 10.4. The van der Waals surface area contributed by atoms with Gasteiger partial charge in [0.15, 0.2) is 8.32 Å². The second kappa shape index (κ2) is 4.51. The normalized spacial score (nSPS) is 11.3. The van der Waals surface area contributed by atoms with Gasteiger partial charge in [0, 0.05) is 20.1 Å². The van der Waals surface area contributed by atoms with Gasteiger partial charge in [0.05, 0.1) is 6.61 Å². The first kappa shape index (κ1) is 10.6. The van der Waals surface area contributed by atoms with Gasteiger partial charge in [-0.2, -0.15) is 0 Å². The van der Waals surface area contributed by atoms with Gasteiger partial charge >= 0.3 is 5.97 Å². The van der Waals surface area contributed by atoms with Crippen LogP contribution in [0.3, 0.4) is 0 Å². The number of carbonyl (C=O) groups excluding carboxylic acids is 1. The molecule has 4 heteroatoms. The number of hydrogen-bond acceptors (Lipinski definition) is 3. The van der Waals surface area contributed by atoms with Crippen LogP contribution in [0.2, 0.25) is 19.1 Å². The van der Waals surface area contributed by atoms with Crippen molar-refractivity contribution in [2.75, 3.05) is 13.7 Å². The standard InChI is InChI=1S/C7H16O3Si/c1-7(8)10-5-6-11(3,4)9-2/h5-6H2,1-4H3. The number of carbonyl (C=O) groups is 1. The highest BCUT2D eigenvalue weighted by molar-refractivity contribution is 6.71. The third-order valence-electron chi connectivity index (χ3n) is 1.56. The highest BCUT2D eigenvalue weighted by Gasteiger charge is 2.20. The summed E-state index contributed by atoms with van der Waals surface area (Å²) in [7, 11) is 0.187. The van der Waals surface area contributed by atoms with Crippen molar-refractivity contribution in [1.29, 1.82) is 0 Å². The predicted molar refractivity (Wildman–Crippen MR) is 45.9 cm³/mol. The summed E-state index contributed by atoms with van der Waals surface area (Å²) in [6.45, 7) is 6.09. The fourth-order valence-electron chi connectivity index (χ4n) is 0.543. The minimum absolute atomic E-state index is 0.217. The average molecular weight is 176 g/mol. The van der Waals surface area contributed by atoms with Crippen LogP contribution < -0.4 is 0 Å². The van der Waals surface area contributed by atoms with Crippen LogP contribution in [0.5, 0.6) is 0 Å². The van der Waals surface area contributed by atoms with E-state index in [1.165, 1.54) is 6.92 Å². The van der Waals surface area contributed by atoms with Crippen LogP contribution in [0.15, 0.2) is 0 Å². The third-order valence-corrected chi connectivity index (χ3v) is 4.08. The van der Waals surface area contributed by atoms with Gasteiger partial charge in [-0.25, -0.2) is 0 Å². The number of hydrogen-bond donors (Lipinski definition) is 0. The van der Waals surface area contributed by atoms with Gasteiger partial charge in [0.25, 0.3) is 0 Å². The van der Waals surface area contributed by atoms with Crippen LogP contribution in [0.25, 0.3) is 0 Å². The first-order valence-electron chi connectivity index (χ1n) is 3.66. The van der Waals surface area contributed by atoms with Crippen molar-refractivity contribution in [3.8, 4) is 0 Å². The minimum atomic E-state index is -1.52. The molecule has 0 aromatic rings. The Morgan fingerprint density at radius 2 is 2.00 bits per heavy atom. The molecular weight excluding hydrogens is 160 g/mol. The lowest BCUT2D eigenvalue weighted by molar-refractivity contribution is -0.140. The van der Waals surface area contributed by atoms with Gasteiger partial charge in [-0.05, 0) is 13.1 Å². The van der Waals surface area contributed by atoms with E-state index in [2.05, 4.69) is 13.1 Å². The summed E-state index contributed by atoms with van der Waals surface area (Å²) in [5.74, 6) is -0.217. The summed E-state index contributed by atoms with van der Waals surface area (Å²) >= 11 is 0. The Morgan fingerprint density at radius 1 is 1.45 bits per heavy atom. The van der Waals surface area contributed by atoms with Crippen molar-refractivity contribution < 1.29 is 14.0 Å². The molecule has 0 aliphatic rings. The van der Waals surface area contributed by atoms with E-state index in [9.17, 15) is 4.79 Å². The SMILES string of the molecule is CO[Si](C)(C)CCOC(C)=O. The molecule has 0 fully saturated rings. The van der Waals surface area contributed by atoms with E-state index >= 15 is 0 Å². The molecule has 3 nitrogen and oxygen atoms in total. The lowest BCUT2D eigenvalue weighted by Gasteiger charge is -2.18. The Hall–Kier alpha value is -0.353. The summed E-state index contributed by atoms with van der Waals surface area (Å²) < 4.78 is 10.1.